The first-order valence-corrected chi connectivity index (χ1v) is 6.39. The van der Waals surface area contributed by atoms with E-state index < -0.39 is 17.7 Å². The molecule has 3 nitrogen and oxygen atoms in total. The maximum Gasteiger partial charge on any atom is 0.146 e. The topological polar surface area (TPSA) is 56.0 Å². The Balaban J connectivity index is 2.05. The standard InChI is InChI=1S/C16H14F2N2O/c1-10-6-14(18)15(7-13(10)17)20-9-16(21)12-4-2-11(8-19)3-5-12/h2-7,16,20-21H,9H2,1H3. The van der Waals surface area contributed by atoms with Crippen molar-refractivity contribution in [2.75, 3.05) is 11.9 Å². The van der Waals surface area contributed by atoms with Gasteiger partial charge >= 0.3 is 0 Å². The van der Waals surface area contributed by atoms with E-state index in [0.29, 0.717) is 11.1 Å². The minimum atomic E-state index is -0.887. The summed E-state index contributed by atoms with van der Waals surface area (Å²) in [5, 5.41) is 21.4. The molecule has 1 atom stereocenters. The molecule has 2 N–H and O–H groups in total. The van der Waals surface area contributed by atoms with Gasteiger partial charge < -0.3 is 10.4 Å². The zero-order chi connectivity index (χ0) is 15.4. The number of aliphatic hydroxyl groups is 1. The highest BCUT2D eigenvalue weighted by molar-refractivity contribution is 5.47. The van der Waals surface area contributed by atoms with Crippen LogP contribution in [0.1, 0.15) is 22.8 Å². The van der Waals surface area contributed by atoms with Crippen LogP contribution in [0.15, 0.2) is 36.4 Å². The maximum absolute atomic E-state index is 13.6. The van der Waals surface area contributed by atoms with Crippen LogP contribution in [0.4, 0.5) is 14.5 Å². The largest absolute Gasteiger partial charge is 0.387 e. The van der Waals surface area contributed by atoms with Crippen molar-refractivity contribution in [3.05, 3.63) is 64.7 Å². The second kappa shape index (κ2) is 6.33. The molecule has 0 aliphatic rings. The van der Waals surface area contributed by atoms with Gasteiger partial charge in [-0.2, -0.15) is 5.26 Å². The van der Waals surface area contributed by atoms with E-state index in [1.165, 1.54) is 6.92 Å². The van der Waals surface area contributed by atoms with Gasteiger partial charge in [0.25, 0.3) is 0 Å². The molecule has 0 amide bonds. The summed E-state index contributed by atoms with van der Waals surface area (Å²) in [7, 11) is 0. The van der Waals surface area contributed by atoms with Crippen molar-refractivity contribution in [3.63, 3.8) is 0 Å². The molecular weight excluding hydrogens is 274 g/mol. The number of benzene rings is 2. The van der Waals surface area contributed by atoms with Gasteiger partial charge in [0.05, 0.1) is 23.4 Å². The molecule has 108 valence electrons. The lowest BCUT2D eigenvalue weighted by Crippen LogP contribution is -2.13. The third-order valence-electron chi connectivity index (χ3n) is 3.16. The lowest BCUT2D eigenvalue weighted by Gasteiger charge is -2.14. The third-order valence-corrected chi connectivity index (χ3v) is 3.16. The van der Waals surface area contributed by atoms with Crippen LogP contribution in [-0.4, -0.2) is 11.7 Å². The summed E-state index contributed by atoms with van der Waals surface area (Å²) in [4.78, 5) is 0. The second-order valence-corrected chi connectivity index (χ2v) is 4.71. The fraction of sp³-hybridized carbons (Fsp3) is 0.188. The van der Waals surface area contributed by atoms with Crippen LogP contribution in [-0.2, 0) is 0 Å². The molecule has 0 aliphatic carbocycles. The number of nitrogens with zero attached hydrogens (tertiary/aromatic N) is 1. The molecule has 0 radical (unpaired) electrons. The lowest BCUT2D eigenvalue weighted by molar-refractivity contribution is 0.191. The van der Waals surface area contributed by atoms with E-state index in [1.807, 2.05) is 6.07 Å². The smallest absolute Gasteiger partial charge is 0.146 e. The number of aliphatic hydroxyl groups excluding tert-OH is 1. The first-order valence-electron chi connectivity index (χ1n) is 6.39. The van der Waals surface area contributed by atoms with Gasteiger partial charge in [-0.1, -0.05) is 12.1 Å². The fourth-order valence-corrected chi connectivity index (χ4v) is 1.89. The van der Waals surface area contributed by atoms with Crippen molar-refractivity contribution in [3.8, 4) is 6.07 Å². The van der Waals surface area contributed by atoms with E-state index in [0.717, 1.165) is 12.1 Å². The molecule has 0 saturated carbocycles. The Morgan fingerprint density at radius 1 is 1.19 bits per heavy atom. The minimum Gasteiger partial charge on any atom is -0.387 e. The van der Waals surface area contributed by atoms with Crippen molar-refractivity contribution in [2.45, 2.75) is 13.0 Å². The van der Waals surface area contributed by atoms with Gasteiger partial charge in [-0.15, -0.1) is 0 Å². The van der Waals surface area contributed by atoms with Crippen LogP contribution in [0.5, 0.6) is 0 Å². The molecule has 0 heterocycles. The number of nitriles is 1. The van der Waals surface area contributed by atoms with Crippen LogP contribution < -0.4 is 5.32 Å². The van der Waals surface area contributed by atoms with E-state index in [1.54, 1.807) is 24.3 Å². The van der Waals surface area contributed by atoms with Crippen LogP contribution in [0, 0.1) is 29.9 Å². The number of halogens is 2. The number of rotatable bonds is 4. The Morgan fingerprint density at radius 3 is 2.48 bits per heavy atom. The molecule has 0 fully saturated rings. The molecule has 0 bridgehead atoms. The van der Waals surface area contributed by atoms with Crippen LogP contribution >= 0.6 is 0 Å². The Labute approximate surface area is 121 Å². The summed E-state index contributed by atoms with van der Waals surface area (Å²) in [6.07, 6.45) is -0.887. The fourth-order valence-electron chi connectivity index (χ4n) is 1.89. The van der Waals surface area contributed by atoms with Crippen LogP contribution in [0.3, 0.4) is 0 Å². The number of nitrogens with one attached hydrogen (secondary N) is 1. The number of anilines is 1. The van der Waals surface area contributed by atoms with Crippen molar-refractivity contribution < 1.29 is 13.9 Å². The SMILES string of the molecule is Cc1cc(F)c(NCC(O)c2ccc(C#N)cc2)cc1F. The van der Waals surface area contributed by atoms with Crippen molar-refractivity contribution >= 4 is 5.69 Å². The highest BCUT2D eigenvalue weighted by Crippen LogP contribution is 2.20. The highest BCUT2D eigenvalue weighted by atomic mass is 19.1. The minimum absolute atomic E-state index is 0.00537. The van der Waals surface area contributed by atoms with Gasteiger partial charge in [0.15, 0.2) is 0 Å². The number of aryl methyl sites for hydroxylation is 1. The first-order chi connectivity index (χ1) is 10.0. The zero-order valence-electron chi connectivity index (χ0n) is 11.4. The van der Waals surface area contributed by atoms with Gasteiger partial charge in [0.1, 0.15) is 11.6 Å². The summed E-state index contributed by atoms with van der Waals surface area (Å²) in [6.45, 7) is 1.51. The summed E-state index contributed by atoms with van der Waals surface area (Å²) in [6, 6.07) is 10.6. The highest BCUT2D eigenvalue weighted by Gasteiger charge is 2.11. The van der Waals surface area contributed by atoms with Crippen LogP contribution in [0.2, 0.25) is 0 Å². The molecule has 2 aromatic carbocycles. The van der Waals surface area contributed by atoms with Gasteiger partial charge in [-0.25, -0.2) is 8.78 Å². The molecule has 0 aliphatic heterocycles. The third kappa shape index (κ3) is 3.56. The normalized spacial score (nSPS) is 11.8. The molecule has 0 aromatic heterocycles. The molecule has 0 spiro atoms. The first kappa shape index (κ1) is 14.9. The Kier molecular flexibility index (Phi) is 4.51. The van der Waals surface area contributed by atoms with Gasteiger partial charge in [0, 0.05) is 12.6 Å². The van der Waals surface area contributed by atoms with Crippen molar-refractivity contribution in [1.82, 2.24) is 0 Å². The van der Waals surface area contributed by atoms with E-state index >= 15 is 0 Å². The molecule has 0 saturated heterocycles. The molecular formula is C16H14F2N2O. The van der Waals surface area contributed by atoms with Crippen molar-refractivity contribution in [1.29, 1.82) is 5.26 Å². The monoisotopic (exact) mass is 288 g/mol. The molecule has 5 heteroatoms. The quantitative estimate of drug-likeness (QED) is 0.907. The molecule has 2 rings (SSSR count). The Morgan fingerprint density at radius 2 is 1.86 bits per heavy atom. The predicted octanol–water partition coefficient (Wildman–Crippen LogP) is 3.29. The summed E-state index contributed by atoms with van der Waals surface area (Å²) in [5.41, 5.74) is 1.32. The Hall–Kier alpha value is -2.45. The lowest BCUT2D eigenvalue weighted by atomic mass is 10.1. The average molecular weight is 288 g/mol. The van der Waals surface area contributed by atoms with E-state index in [-0.39, 0.29) is 17.8 Å². The zero-order valence-corrected chi connectivity index (χ0v) is 11.4. The number of hydrogen-bond donors (Lipinski definition) is 2. The average Bonchev–Trinajstić information content (AvgIpc) is 2.49. The molecule has 21 heavy (non-hydrogen) atoms. The molecule has 2 aromatic rings. The summed E-state index contributed by atoms with van der Waals surface area (Å²) >= 11 is 0. The van der Waals surface area contributed by atoms with E-state index in [9.17, 15) is 13.9 Å². The maximum atomic E-state index is 13.6. The van der Waals surface area contributed by atoms with E-state index in [4.69, 9.17) is 5.26 Å². The van der Waals surface area contributed by atoms with Gasteiger partial charge in [-0.05, 0) is 36.2 Å². The van der Waals surface area contributed by atoms with Gasteiger partial charge in [0.2, 0.25) is 0 Å². The Bertz CT molecular complexity index is 678. The van der Waals surface area contributed by atoms with Gasteiger partial charge in [-0.3, -0.25) is 0 Å². The number of hydrogen-bond acceptors (Lipinski definition) is 3. The summed E-state index contributed by atoms with van der Waals surface area (Å²) in [5.74, 6) is -1.08. The summed E-state index contributed by atoms with van der Waals surface area (Å²) < 4.78 is 27.0. The van der Waals surface area contributed by atoms with Crippen LogP contribution in [0.25, 0.3) is 0 Å². The predicted molar refractivity (Wildman–Crippen MR) is 75.7 cm³/mol. The van der Waals surface area contributed by atoms with E-state index in [2.05, 4.69) is 5.32 Å². The second-order valence-electron chi connectivity index (χ2n) is 4.71. The van der Waals surface area contributed by atoms with Crippen molar-refractivity contribution in [2.24, 2.45) is 0 Å². The molecule has 1 unspecified atom stereocenters.